The minimum absolute atomic E-state index is 0.223. The lowest BCUT2D eigenvalue weighted by molar-refractivity contribution is -0.138. The molecule has 0 aliphatic heterocycles. The number of fused-ring (bicyclic) bond motifs is 1. The van der Waals surface area contributed by atoms with Gasteiger partial charge in [0.25, 0.3) is 0 Å². The molecule has 190 valence electrons. The third-order valence-corrected chi connectivity index (χ3v) is 9.23. The highest BCUT2D eigenvalue weighted by Crippen LogP contribution is 2.30. The molecule has 2 heterocycles. The molecule has 0 amide bonds. The van der Waals surface area contributed by atoms with Gasteiger partial charge in [0.2, 0.25) is 10.0 Å². The molecular weight excluding hydrogens is 498 g/mol. The lowest BCUT2D eigenvalue weighted by atomic mass is 10.0. The SMILES string of the molecule is CCN(CC)S(=O)(=O)c1ccc2c(c1)nc(SCc1ccc(C(C)C(=O)O)cc1)n2Cc1ccco1. The fourth-order valence-corrected chi connectivity index (χ4v) is 6.42. The first-order valence-electron chi connectivity index (χ1n) is 11.7. The smallest absolute Gasteiger partial charge is 0.310 e. The van der Waals surface area contributed by atoms with Gasteiger partial charge < -0.3 is 14.1 Å². The quantitative estimate of drug-likeness (QED) is 0.268. The largest absolute Gasteiger partial charge is 0.481 e. The monoisotopic (exact) mass is 527 g/mol. The van der Waals surface area contributed by atoms with Gasteiger partial charge in [-0.25, -0.2) is 13.4 Å². The number of furan rings is 1. The molecule has 0 fully saturated rings. The van der Waals surface area contributed by atoms with Crippen LogP contribution in [0.25, 0.3) is 11.0 Å². The number of sulfonamides is 1. The number of benzene rings is 2. The molecule has 0 bridgehead atoms. The Labute approximate surface area is 215 Å². The van der Waals surface area contributed by atoms with Gasteiger partial charge in [-0.05, 0) is 48.4 Å². The van der Waals surface area contributed by atoms with Crippen LogP contribution in [0, 0.1) is 0 Å². The molecule has 0 spiro atoms. The first-order chi connectivity index (χ1) is 17.2. The van der Waals surface area contributed by atoms with E-state index in [1.54, 1.807) is 31.4 Å². The van der Waals surface area contributed by atoms with Crippen molar-refractivity contribution in [2.75, 3.05) is 13.1 Å². The predicted octanol–water partition coefficient (Wildman–Crippen LogP) is 5.19. The number of rotatable bonds is 11. The molecule has 0 aliphatic carbocycles. The van der Waals surface area contributed by atoms with Gasteiger partial charge in [-0.2, -0.15) is 4.31 Å². The first-order valence-corrected chi connectivity index (χ1v) is 14.1. The van der Waals surface area contributed by atoms with Crippen molar-refractivity contribution in [3.63, 3.8) is 0 Å². The molecule has 0 radical (unpaired) electrons. The van der Waals surface area contributed by atoms with E-state index < -0.39 is 21.9 Å². The highest BCUT2D eigenvalue weighted by molar-refractivity contribution is 7.98. The fraction of sp³-hybridized carbons (Fsp3) is 0.308. The third-order valence-electron chi connectivity index (χ3n) is 6.14. The Morgan fingerprint density at radius 1 is 1.14 bits per heavy atom. The number of carboxylic acids is 1. The van der Waals surface area contributed by atoms with Crippen LogP contribution < -0.4 is 0 Å². The molecular formula is C26H29N3O5S2. The van der Waals surface area contributed by atoms with Gasteiger partial charge in [-0.1, -0.05) is 49.9 Å². The Hall–Kier alpha value is -3.08. The molecule has 2 aromatic carbocycles. The van der Waals surface area contributed by atoms with E-state index in [0.29, 0.717) is 30.9 Å². The third kappa shape index (κ3) is 5.35. The number of nitrogens with zero attached hydrogens (tertiary/aromatic N) is 3. The minimum Gasteiger partial charge on any atom is -0.481 e. The van der Waals surface area contributed by atoms with Crippen molar-refractivity contribution in [1.29, 1.82) is 0 Å². The lowest BCUT2D eigenvalue weighted by Crippen LogP contribution is -2.30. The predicted molar refractivity (Wildman–Crippen MR) is 140 cm³/mol. The molecule has 36 heavy (non-hydrogen) atoms. The molecule has 2 aromatic heterocycles. The van der Waals surface area contributed by atoms with Crippen LogP contribution >= 0.6 is 11.8 Å². The van der Waals surface area contributed by atoms with E-state index in [9.17, 15) is 18.3 Å². The Kier molecular flexibility index (Phi) is 7.87. The summed E-state index contributed by atoms with van der Waals surface area (Å²) in [5.74, 6) is -0.0338. The lowest BCUT2D eigenvalue weighted by Gasteiger charge is -2.18. The molecule has 4 rings (SSSR count). The molecule has 0 saturated carbocycles. The zero-order valence-corrected chi connectivity index (χ0v) is 22.1. The van der Waals surface area contributed by atoms with Gasteiger partial charge in [-0.15, -0.1) is 0 Å². The maximum atomic E-state index is 13.0. The Morgan fingerprint density at radius 3 is 2.47 bits per heavy atom. The second-order valence-electron chi connectivity index (χ2n) is 8.39. The number of aliphatic carboxylic acids is 1. The van der Waals surface area contributed by atoms with Crippen LogP contribution in [0.4, 0.5) is 0 Å². The van der Waals surface area contributed by atoms with Crippen molar-refractivity contribution in [3.05, 3.63) is 77.7 Å². The van der Waals surface area contributed by atoms with Crippen LogP contribution in [0.1, 0.15) is 43.6 Å². The molecule has 1 N–H and O–H groups in total. The van der Waals surface area contributed by atoms with Crippen LogP contribution in [0.2, 0.25) is 0 Å². The molecule has 0 aliphatic rings. The van der Waals surface area contributed by atoms with E-state index >= 15 is 0 Å². The average molecular weight is 528 g/mol. The number of aromatic nitrogens is 2. The molecule has 0 saturated heterocycles. The van der Waals surface area contributed by atoms with Crippen molar-refractivity contribution in [3.8, 4) is 0 Å². The van der Waals surface area contributed by atoms with Gasteiger partial charge in [0.1, 0.15) is 5.76 Å². The summed E-state index contributed by atoms with van der Waals surface area (Å²) < 4.78 is 35.1. The van der Waals surface area contributed by atoms with Gasteiger partial charge >= 0.3 is 5.97 Å². The van der Waals surface area contributed by atoms with E-state index in [0.717, 1.165) is 27.6 Å². The Morgan fingerprint density at radius 2 is 1.86 bits per heavy atom. The maximum Gasteiger partial charge on any atom is 0.310 e. The molecule has 4 aromatic rings. The summed E-state index contributed by atoms with van der Waals surface area (Å²) in [5.41, 5.74) is 3.20. The van der Waals surface area contributed by atoms with E-state index in [2.05, 4.69) is 0 Å². The summed E-state index contributed by atoms with van der Waals surface area (Å²) in [4.78, 5) is 16.3. The molecule has 1 atom stereocenters. The number of hydrogen-bond acceptors (Lipinski definition) is 6. The fourth-order valence-electron chi connectivity index (χ4n) is 3.97. The summed E-state index contributed by atoms with van der Waals surface area (Å²) in [6.07, 6.45) is 1.62. The van der Waals surface area contributed by atoms with Crippen LogP contribution in [-0.2, 0) is 27.1 Å². The molecule has 10 heteroatoms. The summed E-state index contributed by atoms with van der Waals surface area (Å²) in [6.45, 7) is 6.56. The highest BCUT2D eigenvalue weighted by atomic mass is 32.2. The van der Waals surface area contributed by atoms with Crippen molar-refractivity contribution >= 4 is 38.8 Å². The van der Waals surface area contributed by atoms with Gasteiger partial charge in [-0.3, -0.25) is 4.79 Å². The van der Waals surface area contributed by atoms with E-state index in [4.69, 9.17) is 9.40 Å². The molecule has 8 nitrogen and oxygen atoms in total. The maximum absolute atomic E-state index is 13.0. The van der Waals surface area contributed by atoms with E-state index in [-0.39, 0.29) is 4.90 Å². The van der Waals surface area contributed by atoms with Gasteiger partial charge in [0.05, 0.1) is 34.7 Å². The van der Waals surface area contributed by atoms with Crippen molar-refractivity contribution in [2.45, 2.75) is 49.0 Å². The van der Waals surface area contributed by atoms with Crippen molar-refractivity contribution < 1.29 is 22.7 Å². The van der Waals surface area contributed by atoms with Crippen LogP contribution in [0.5, 0.6) is 0 Å². The van der Waals surface area contributed by atoms with E-state index in [1.165, 1.54) is 16.1 Å². The molecule has 1 unspecified atom stereocenters. The number of carbonyl (C=O) groups is 1. The topological polar surface area (TPSA) is 106 Å². The van der Waals surface area contributed by atoms with Crippen molar-refractivity contribution in [2.24, 2.45) is 0 Å². The normalized spacial score (nSPS) is 12.9. The summed E-state index contributed by atoms with van der Waals surface area (Å²) in [5, 5.41) is 9.96. The minimum atomic E-state index is -3.60. The van der Waals surface area contributed by atoms with Gasteiger partial charge in [0.15, 0.2) is 5.16 Å². The van der Waals surface area contributed by atoms with Crippen molar-refractivity contribution in [1.82, 2.24) is 13.9 Å². The number of carboxylic acid groups (broad SMARTS) is 1. The number of imidazole rings is 1. The first kappa shape index (κ1) is 26.0. The summed E-state index contributed by atoms with van der Waals surface area (Å²) >= 11 is 1.53. The number of hydrogen-bond donors (Lipinski definition) is 1. The van der Waals surface area contributed by atoms with E-state index in [1.807, 2.05) is 54.8 Å². The zero-order chi connectivity index (χ0) is 25.9. The number of thioether (sulfide) groups is 1. The Bertz CT molecular complexity index is 1440. The highest BCUT2D eigenvalue weighted by Gasteiger charge is 2.23. The zero-order valence-electron chi connectivity index (χ0n) is 20.4. The van der Waals surface area contributed by atoms with Crippen LogP contribution in [0.15, 0.2) is 75.3 Å². The van der Waals surface area contributed by atoms with Gasteiger partial charge in [0, 0.05) is 18.8 Å². The average Bonchev–Trinajstić information content (AvgIpc) is 3.51. The van der Waals surface area contributed by atoms with Crippen LogP contribution in [-0.4, -0.2) is 46.4 Å². The standard InChI is InChI=1S/C26H29N3O5S2/c1-4-28(5-2)36(32,33)22-12-13-24-23(15-22)27-26(29(24)16-21-7-6-14-34-21)35-17-19-8-10-20(11-9-19)18(3)25(30)31/h6-15,18H,4-5,16-17H2,1-3H3,(H,30,31). The second-order valence-corrected chi connectivity index (χ2v) is 11.3. The second kappa shape index (κ2) is 10.9. The van der Waals surface area contributed by atoms with Crippen LogP contribution in [0.3, 0.4) is 0 Å². The summed E-state index contributed by atoms with van der Waals surface area (Å²) in [6, 6.07) is 16.3. The summed E-state index contributed by atoms with van der Waals surface area (Å²) in [7, 11) is -3.60. The Balaban J connectivity index is 1.66.